The number of carbonyl (C=O) groups is 1. The molecule has 0 saturated heterocycles. The van der Waals surface area contributed by atoms with E-state index in [1.807, 2.05) is 24.3 Å². The molecule has 0 bridgehead atoms. The van der Waals surface area contributed by atoms with Crippen LogP contribution in [-0.2, 0) is 11.3 Å². The van der Waals surface area contributed by atoms with Crippen LogP contribution in [0.2, 0.25) is 10.0 Å². The Hall–Kier alpha value is -2.15. The van der Waals surface area contributed by atoms with Crippen molar-refractivity contribution >= 4 is 50.7 Å². The molecule has 0 aliphatic rings. The van der Waals surface area contributed by atoms with E-state index < -0.39 is 0 Å². The molecular weight excluding hydrogens is 465 g/mol. The van der Waals surface area contributed by atoms with Crippen LogP contribution in [0.4, 0.5) is 5.69 Å². The fourth-order valence-electron chi connectivity index (χ4n) is 2.58. The highest BCUT2D eigenvalue weighted by molar-refractivity contribution is 9.10. The number of aryl methyl sites for hydroxylation is 1. The van der Waals surface area contributed by atoms with E-state index in [4.69, 9.17) is 23.2 Å². The Labute approximate surface area is 180 Å². The molecule has 5 nitrogen and oxygen atoms in total. The van der Waals surface area contributed by atoms with E-state index in [9.17, 15) is 9.59 Å². The molecule has 0 aliphatic carbocycles. The van der Waals surface area contributed by atoms with Gasteiger partial charge in [0.15, 0.2) is 0 Å². The van der Waals surface area contributed by atoms with Crippen LogP contribution in [0, 0.1) is 0 Å². The third-order valence-electron chi connectivity index (χ3n) is 3.99. The van der Waals surface area contributed by atoms with Crippen molar-refractivity contribution in [3.05, 3.63) is 79.5 Å². The van der Waals surface area contributed by atoms with Gasteiger partial charge in [-0.1, -0.05) is 51.3 Å². The van der Waals surface area contributed by atoms with Crippen molar-refractivity contribution in [3.63, 3.8) is 0 Å². The number of amides is 1. The number of halogens is 3. The van der Waals surface area contributed by atoms with Crippen molar-refractivity contribution in [3.8, 4) is 11.3 Å². The highest BCUT2D eigenvalue weighted by atomic mass is 79.9. The van der Waals surface area contributed by atoms with Crippen molar-refractivity contribution in [2.45, 2.75) is 19.4 Å². The monoisotopic (exact) mass is 479 g/mol. The van der Waals surface area contributed by atoms with Crippen LogP contribution in [0.3, 0.4) is 0 Å². The minimum Gasteiger partial charge on any atom is -0.325 e. The summed E-state index contributed by atoms with van der Waals surface area (Å²) in [6, 6.07) is 15.7. The van der Waals surface area contributed by atoms with Crippen LogP contribution in [-0.4, -0.2) is 15.7 Å². The zero-order valence-electron chi connectivity index (χ0n) is 14.7. The molecule has 1 amide bonds. The lowest BCUT2D eigenvalue weighted by Crippen LogP contribution is -2.23. The molecule has 0 unspecified atom stereocenters. The Kier molecular flexibility index (Phi) is 6.88. The lowest BCUT2D eigenvalue weighted by Gasteiger charge is -2.09. The largest absolute Gasteiger partial charge is 0.325 e. The van der Waals surface area contributed by atoms with Gasteiger partial charge in [0.05, 0.1) is 16.4 Å². The van der Waals surface area contributed by atoms with E-state index in [2.05, 4.69) is 26.3 Å². The lowest BCUT2D eigenvalue weighted by molar-refractivity contribution is -0.116. The summed E-state index contributed by atoms with van der Waals surface area (Å²) in [5.74, 6) is -0.193. The molecule has 0 atom stereocenters. The summed E-state index contributed by atoms with van der Waals surface area (Å²) >= 11 is 15.3. The molecule has 8 heteroatoms. The van der Waals surface area contributed by atoms with Gasteiger partial charge in [0, 0.05) is 34.1 Å². The number of hydrogen-bond acceptors (Lipinski definition) is 3. The van der Waals surface area contributed by atoms with Crippen LogP contribution in [0.15, 0.2) is 63.9 Å². The molecule has 0 spiro atoms. The Morgan fingerprint density at radius 3 is 2.54 bits per heavy atom. The van der Waals surface area contributed by atoms with E-state index >= 15 is 0 Å². The van der Waals surface area contributed by atoms with Crippen molar-refractivity contribution in [2.75, 3.05) is 5.32 Å². The first-order valence-corrected chi connectivity index (χ1v) is 10.1. The average molecular weight is 481 g/mol. The van der Waals surface area contributed by atoms with Gasteiger partial charge in [-0.25, -0.2) is 4.68 Å². The predicted octanol–water partition coefficient (Wildman–Crippen LogP) is 5.40. The van der Waals surface area contributed by atoms with Gasteiger partial charge in [0.1, 0.15) is 0 Å². The fraction of sp³-hybridized carbons (Fsp3) is 0.150. The van der Waals surface area contributed by atoms with Crippen LogP contribution in [0.1, 0.15) is 12.8 Å². The van der Waals surface area contributed by atoms with E-state index in [0.29, 0.717) is 34.4 Å². The van der Waals surface area contributed by atoms with Crippen LogP contribution in [0.25, 0.3) is 11.3 Å². The number of benzene rings is 2. The number of nitrogens with one attached hydrogen (secondary N) is 1. The quantitative estimate of drug-likeness (QED) is 0.513. The first-order valence-electron chi connectivity index (χ1n) is 8.51. The summed E-state index contributed by atoms with van der Waals surface area (Å²) < 4.78 is 2.34. The topological polar surface area (TPSA) is 64.0 Å². The maximum absolute atomic E-state index is 12.1. The molecule has 0 saturated carbocycles. The fourth-order valence-corrected chi connectivity index (χ4v) is 3.30. The summed E-state index contributed by atoms with van der Waals surface area (Å²) in [5, 5.41) is 8.01. The van der Waals surface area contributed by atoms with Crippen molar-refractivity contribution < 1.29 is 4.79 Å². The molecule has 28 heavy (non-hydrogen) atoms. The van der Waals surface area contributed by atoms with Crippen molar-refractivity contribution in [1.29, 1.82) is 0 Å². The summed E-state index contributed by atoms with van der Waals surface area (Å²) in [6.07, 6.45) is 0.698. The Bertz CT molecular complexity index is 1050. The normalized spacial score (nSPS) is 10.7. The van der Waals surface area contributed by atoms with Crippen molar-refractivity contribution in [1.82, 2.24) is 9.78 Å². The van der Waals surface area contributed by atoms with Gasteiger partial charge >= 0.3 is 0 Å². The molecule has 0 fully saturated rings. The first-order chi connectivity index (χ1) is 13.4. The van der Waals surface area contributed by atoms with E-state index in [0.717, 1.165) is 10.0 Å². The SMILES string of the molecule is O=C(CCCn1nc(-c2ccc(Br)cc2)ccc1=O)Nc1ccc(Cl)cc1Cl. The molecule has 2 aromatic carbocycles. The highest BCUT2D eigenvalue weighted by Gasteiger charge is 2.08. The first kappa shape index (κ1) is 20.6. The summed E-state index contributed by atoms with van der Waals surface area (Å²) in [4.78, 5) is 24.2. The molecule has 3 rings (SSSR count). The maximum atomic E-state index is 12.1. The summed E-state index contributed by atoms with van der Waals surface area (Å²) in [5.41, 5.74) is 1.90. The number of carbonyl (C=O) groups excluding carboxylic acids is 1. The minimum atomic E-state index is -0.206. The number of rotatable bonds is 6. The third-order valence-corrected chi connectivity index (χ3v) is 5.06. The second-order valence-corrected chi connectivity index (χ2v) is 7.82. The van der Waals surface area contributed by atoms with E-state index in [1.165, 1.54) is 10.7 Å². The van der Waals surface area contributed by atoms with Crippen molar-refractivity contribution in [2.24, 2.45) is 0 Å². The highest BCUT2D eigenvalue weighted by Crippen LogP contribution is 2.25. The third kappa shape index (κ3) is 5.44. The van der Waals surface area contributed by atoms with Gasteiger partial charge in [0.25, 0.3) is 5.56 Å². The van der Waals surface area contributed by atoms with Gasteiger partial charge < -0.3 is 5.32 Å². The molecule has 0 aliphatic heterocycles. The standard InChI is InChI=1S/C20H16BrCl2N3O2/c21-14-5-3-13(4-6-14)17-9-10-20(28)26(25-17)11-1-2-19(27)24-18-8-7-15(22)12-16(18)23/h3-10,12H,1-2,11H2,(H,24,27). The van der Waals surface area contributed by atoms with E-state index in [1.54, 1.807) is 24.3 Å². The van der Waals surface area contributed by atoms with Crippen LogP contribution >= 0.6 is 39.1 Å². The number of anilines is 1. The van der Waals surface area contributed by atoms with Gasteiger partial charge in [-0.2, -0.15) is 5.10 Å². The zero-order chi connectivity index (χ0) is 20.1. The number of aromatic nitrogens is 2. The second kappa shape index (κ2) is 9.37. The predicted molar refractivity (Wildman–Crippen MR) is 116 cm³/mol. The average Bonchev–Trinajstić information content (AvgIpc) is 2.66. The molecule has 1 N–H and O–H groups in total. The minimum absolute atomic E-state index is 0.193. The summed E-state index contributed by atoms with van der Waals surface area (Å²) in [6.45, 7) is 0.338. The van der Waals surface area contributed by atoms with Gasteiger partial charge in [-0.05, 0) is 42.8 Å². The maximum Gasteiger partial charge on any atom is 0.266 e. The molecule has 1 heterocycles. The number of nitrogens with zero attached hydrogens (tertiary/aromatic N) is 2. The summed E-state index contributed by atoms with van der Waals surface area (Å²) in [7, 11) is 0. The molecule has 144 valence electrons. The second-order valence-electron chi connectivity index (χ2n) is 6.06. The van der Waals surface area contributed by atoms with E-state index in [-0.39, 0.29) is 17.9 Å². The van der Waals surface area contributed by atoms with Gasteiger partial charge in [-0.3, -0.25) is 9.59 Å². The Morgan fingerprint density at radius 2 is 1.82 bits per heavy atom. The molecule has 1 aromatic heterocycles. The molecular formula is C20H16BrCl2N3O2. The van der Waals surface area contributed by atoms with Gasteiger partial charge in [0.2, 0.25) is 5.91 Å². The number of hydrogen-bond donors (Lipinski definition) is 1. The Morgan fingerprint density at radius 1 is 1.07 bits per heavy atom. The smallest absolute Gasteiger partial charge is 0.266 e. The van der Waals surface area contributed by atoms with Gasteiger partial charge in [-0.15, -0.1) is 0 Å². The molecule has 0 radical (unpaired) electrons. The van der Waals surface area contributed by atoms with Crippen LogP contribution < -0.4 is 10.9 Å². The zero-order valence-corrected chi connectivity index (χ0v) is 17.8. The molecule has 3 aromatic rings. The lowest BCUT2D eigenvalue weighted by atomic mass is 10.1. The Balaban J connectivity index is 1.61. The van der Waals surface area contributed by atoms with Crippen LogP contribution in [0.5, 0.6) is 0 Å².